The fourth-order valence-corrected chi connectivity index (χ4v) is 3.85. The molecule has 4 rings (SSSR count). The van der Waals surface area contributed by atoms with Crippen molar-refractivity contribution in [3.63, 3.8) is 0 Å². The maximum atomic E-state index is 5.98. The van der Waals surface area contributed by atoms with Gasteiger partial charge in [-0.25, -0.2) is 0 Å². The topological polar surface area (TPSA) is 43.2 Å². The summed E-state index contributed by atoms with van der Waals surface area (Å²) in [4.78, 5) is 2.52. The standard InChI is InChI=1S/C20H25ClN4O/c21-18-5-3-16(4-6-18)17-7-11-24(12-8-17)10-1-2-19-22-23-20-9-14-26-15-13-25(19)20/h3-7H,1-2,8-15H2. The van der Waals surface area contributed by atoms with E-state index in [1.54, 1.807) is 0 Å². The van der Waals surface area contributed by atoms with E-state index >= 15 is 0 Å². The predicted molar refractivity (Wildman–Crippen MR) is 103 cm³/mol. The molecular formula is C20H25ClN4O. The van der Waals surface area contributed by atoms with E-state index in [0.717, 1.165) is 81.7 Å². The number of benzene rings is 1. The van der Waals surface area contributed by atoms with Gasteiger partial charge in [-0.2, -0.15) is 0 Å². The molecule has 0 fully saturated rings. The predicted octanol–water partition coefficient (Wildman–Crippen LogP) is 3.23. The quantitative estimate of drug-likeness (QED) is 0.808. The first-order chi connectivity index (χ1) is 12.8. The van der Waals surface area contributed by atoms with Crippen LogP contribution in [-0.4, -0.2) is 52.5 Å². The molecule has 2 aliphatic heterocycles. The molecule has 5 nitrogen and oxygen atoms in total. The number of ether oxygens (including phenoxy) is 1. The summed E-state index contributed by atoms with van der Waals surface area (Å²) in [5, 5.41) is 9.53. The zero-order valence-corrected chi connectivity index (χ0v) is 15.8. The average molecular weight is 373 g/mol. The third kappa shape index (κ3) is 4.17. The van der Waals surface area contributed by atoms with Gasteiger partial charge >= 0.3 is 0 Å². The zero-order valence-electron chi connectivity index (χ0n) is 15.0. The van der Waals surface area contributed by atoms with Crippen molar-refractivity contribution in [1.29, 1.82) is 0 Å². The molecule has 0 bridgehead atoms. The van der Waals surface area contributed by atoms with Crippen molar-refractivity contribution in [3.05, 3.63) is 52.6 Å². The van der Waals surface area contributed by atoms with Crippen LogP contribution in [0.3, 0.4) is 0 Å². The summed E-state index contributed by atoms with van der Waals surface area (Å²) >= 11 is 5.98. The van der Waals surface area contributed by atoms with Crippen LogP contribution < -0.4 is 0 Å². The van der Waals surface area contributed by atoms with Crippen LogP contribution in [0.2, 0.25) is 5.02 Å². The van der Waals surface area contributed by atoms with Crippen LogP contribution in [0.1, 0.15) is 30.1 Å². The average Bonchev–Trinajstić information content (AvgIpc) is 2.89. The first-order valence-corrected chi connectivity index (χ1v) is 9.83. The molecule has 1 aromatic carbocycles. The third-order valence-electron chi connectivity index (χ3n) is 5.22. The second-order valence-corrected chi connectivity index (χ2v) is 7.37. The Kier molecular flexibility index (Phi) is 5.68. The van der Waals surface area contributed by atoms with Crippen molar-refractivity contribution >= 4 is 17.2 Å². The van der Waals surface area contributed by atoms with Gasteiger partial charge in [-0.3, -0.25) is 4.90 Å². The Bertz CT molecular complexity index is 769. The molecule has 0 N–H and O–H groups in total. The molecule has 2 aromatic rings. The molecule has 138 valence electrons. The number of fused-ring (bicyclic) bond motifs is 1. The summed E-state index contributed by atoms with van der Waals surface area (Å²) in [6.07, 6.45) is 6.42. The number of rotatable bonds is 5. The molecule has 0 saturated carbocycles. The van der Waals surface area contributed by atoms with Gasteiger partial charge in [-0.15, -0.1) is 10.2 Å². The van der Waals surface area contributed by atoms with Crippen LogP contribution in [-0.2, 0) is 24.1 Å². The number of halogens is 1. The van der Waals surface area contributed by atoms with Crippen LogP contribution >= 0.6 is 11.6 Å². The van der Waals surface area contributed by atoms with Gasteiger partial charge in [0.25, 0.3) is 0 Å². The van der Waals surface area contributed by atoms with Crippen LogP contribution in [0, 0.1) is 0 Å². The lowest BCUT2D eigenvalue weighted by atomic mass is 9.99. The highest BCUT2D eigenvalue weighted by Gasteiger charge is 2.16. The van der Waals surface area contributed by atoms with Gasteiger partial charge in [0, 0.05) is 37.5 Å². The molecule has 0 radical (unpaired) electrons. The summed E-state index contributed by atoms with van der Waals surface area (Å²) in [5.41, 5.74) is 2.73. The van der Waals surface area contributed by atoms with Crippen LogP contribution in [0.5, 0.6) is 0 Å². The summed E-state index contributed by atoms with van der Waals surface area (Å²) in [6.45, 7) is 5.64. The lowest BCUT2D eigenvalue weighted by Gasteiger charge is -2.26. The Morgan fingerprint density at radius 2 is 1.92 bits per heavy atom. The van der Waals surface area contributed by atoms with Crippen LogP contribution in [0.25, 0.3) is 5.57 Å². The highest BCUT2D eigenvalue weighted by atomic mass is 35.5. The number of aryl methyl sites for hydroxylation is 1. The van der Waals surface area contributed by atoms with Crippen molar-refractivity contribution < 1.29 is 4.74 Å². The normalized spacial score (nSPS) is 18.3. The van der Waals surface area contributed by atoms with E-state index in [1.165, 1.54) is 11.1 Å². The molecule has 0 unspecified atom stereocenters. The molecule has 0 aliphatic carbocycles. The second-order valence-electron chi connectivity index (χ2n) is 6.94. The number of aromatic nitrogens is 3. The monoisotopic (exact) mass is 372 g/mol. The fourth-order valence-electron chi connectivity index (χ4n) is 3.72. The number of hydrogen-bond acceptors (Lipinski definition) is 4. The molecular weight excluding hydrogens is 348 g/mol. The lowest BCUT2D eigenvalue weighted by Crippen LogP contribution is -2.30. The van der Waals surface area contributed by atoms with E-state index in [4.69, 9.17) is 16.3 Å². The maximum Gasteiger partial charge on any atom is 0.135 e. The van der Waals surface area contributed by atoms with Gasteiger partial charge in [-0.05, 0) is 42.7 Å². The summed E-state index contributed by atoms with van der Waals surface area (Å²) in [6, 6.07) is 8.17. The number of hydrogen-bond donors (Lipinski definition) is 0. The Morgan fingerprint density at radius 1 is 1.04 bits per heavy atom. The highest BCUT2D eigenvalue weighted by Crippen LogP contribution is 2.24. The maximum absolute atomic E-state index is 5.98. The molecule has 3 heterocycles. The Hall–Kier alpha value is -1.69. The van der Waals surface area contributed by atoms with E-state index in [9.17, 15) is 0 Å². The van der Waals surface area contributed by atoms with Crippen molar-refractivity contribution in [2.24, 2.45) is 0 Å². The minimum atomic E-state index is 0.758. The minimum Gasteiger partial charge on any atom is -0.379 e. The van der Waals surface area contributed by atoms with E-state index in [2.05, 4.69) is 37.9 Å². The highest BCUT2D eigenvalue weighted by molar-refractivity contribution is 6.30. The molecule has 0 atom stereocenters. The van der Waals surface area contributed by atoms with Crippen molar-refractivity contribution in [1.82, 2.24) is 19.7 Å². The summed E-state index contributed by atoms with van der Waals surface area (Å²) in [5.74, 6) is 2.19. The van der Waals surface area contributed by atoms with E-state index < -0.39 is 0 Å². The third-order valence-corrected chi connectivity index (χ3v) is 5.47. The molecule has 0 saturated heterocycles. The van der Waals surface area contributed by atoms with E-state index in [1.807, 2.05) is 12.1 Å². The first kappa shape index (κ1) is 17.7. The van der Waals surface area contributed by atoms with Gasteiger partial charge in [0.15, 0.2) is 0 Å². The van der Waals surface area contributed by atoms with Gasteiger partial charge < -0.3 is 9.30 Å². The number of nitrogens with zero attached hydrogens (tertiary/aromatic N) is 4. The van der Waals surface area contributed by atoms with Gasteiger partial charge in [0.2, 0.25) is 0 Å². The van der Waals surface area contributed by atoms with Gasteiger partial charge in [-0.1, -0.05) is 29.8 Å². The molecule has 2 aliphatic rings. The van der Waals surface area contributed by atoms with Crippen molar-refractivity contribution in [2.45, 2.75) is 32.2 Å². The van der Waals surface area contributed by atoms with Crippen LogP contribution in [0.4, 0.5) is 0 Å². The van der Waals surface area contributed by atoms with E-state index in [-0.39, 0.29) is 0 Å². The molecule has 0 amide bonds. The second kappa shape index (κ2) is 8.33. The molecule has 1 aromatic heterocycles. The summed E-state index contributed by atoms with van der Waals surface area (Å²) < 4.78 is 7.78. The molecule has 0 spiro atoms. The smallest absolute Gasteiger partial charge is 0.135 e. The largest absolute Gasteiger partial charge is 0.379 e. The van der Waals surface area contributed by atoms with Crippen molar-refractivity contribution in [3.8, 4) is 0 Å². The van der Waals surface area contributed by atoms with Gasteiger partial charge in [0.1, 0.15) is 11.6 Å². The van der Waals surface area contributed by atoms with Crippen molar-refractivity contribution in [2.75, 3.05) is 32.8 Å². The first-order valence-electron chi connectivity index (χ1n) is 9.45. The molecule has 6 heteroatoms. The minimum absolute atomic E-state index is 0.758. The Balaban J connectivity index is 1.28. The Morgan fingerprint density at radius 3 is 2.73 bits per heavy atom. The fraction of sp³-hybridized carbons (Fsp3) is 0.500. The Labute approximate surface area is 159 Å². The lowest BCUT2D eigenvalue weighted by molar-refractivity contribution is 0.139. The molecule has 26 heavy (non-hydrogen) atoms. The summed E-state index contributed by atoms with van der Waals surface area (Å²) in [7, 11) is 0. The van der Waals surface area contributed by atoms with Gasteiger partial charge in [0.05, 0.1) is 13.2 Å². The zero-order chi connectivity index (χ0) is 17.8. The SMILES string of the molecule is Clc1ccc(C2=CCN(CCCc3nnc4n3CCOCC4)CC2)cc1. The van der Waals surface area contributed by atoms with E-state index in [0.29, 0.717) is 0 Å². The van der Waals surface area contributed by atoms with Crippen LogP contribution in [0.15, 0.2) is 30.3 Å².